The molecule has 0 spiro atoms. The lowest BCUT2D eigenvalue weighted by molar-refractivity contribution is 0.0791. The Kier molecular flexibility index (Phi) is 3.55. The molecule has 0 radical (unpaired) electrons. The van der Waals surface area contributed by atoms with Crippen molar-refractivity contribution in [2.45, 2.75) is 20.8 Å². The Bertz CT molecular complexity index is 426. The average molecular weight is 222 g/mol. The minimum absolute atomic E-state index is 0.238. The van der Waals surface area contributed by atoms with Crippen LogP contribution >= 0.6 is 0 Å². The number of ether oxygens (including phenoxy) is 1. The van der Waals surface area contributed by atoms with Crippen LogP contribution in [0.3, 0.4) is 0 Å². The first kappa shape index (κ1) is 12.5. The first-order valence-corrected chi connectivity index (χ1v) is 5.07. The SMILES string of the molecule is COc1c(C)c(C)cc(C)c1C(=O)N(C)N. The van der Waals surface area contributed by atoms with E-state index in [0.717, 1.165) is 21.7 Å². The third-order valence-electron chi connectivity index (χ3n) is 2.72. The van der Waals surface area contributed by atoms with Gasteiger partial charge in [0.25, 0.3) is 5.91 Å². The van der Waals surface area contributed by atoms with E-state index in [4.69, 9.17) is 10.6 Å². The van der Waals surface area contributed by atoms with Gasteiger partial charge in [-0.15, -0.1) is 0 Å². The van der Waals surface area contributed by atoms with E-state index in [1.54, 1.807) is 7.11 Å². The average Bonchev–Trinajstić information content (AvgIpc) is 2.21. The van der Waals surface area contributed by atoms with Gasteiger partial charge >= 0.3 is 0 Å². The summed E-state index contributed by atoms with van der Waals surface area (Å²) in [6.45, 7) is 5.80. The molecular formula is C12H18N2O2. The van der Waals surface area contributed by atoms with Crippen LogP contribution in [0, 0.1) is 20.8 Å². The lowest BCUT2D eigenvalue weighted by Gasteiger charge is -2.18. The largest absolute Gasteiger partial charge is 0.496 e. The molecule has 4 heteroatoms. The Morgan fingerprint density at radius 2 is 1.88 bits per heavy atom. The first-order valence-electron chi connectivity index (χ1n) is 5.07. The van der Waals surface area contributed by atoms with Crippen molar-refractivity contribution in [3.8, 4) is 5.75 Å². The number of carbonyl (C=O) groups is 1. The first-order chi connectivity index (χ1) is 7.40. The van der Waals surface area contributed by atoms with Crippen LogP contribution in [0.4, 0.5) is 0 Å². The minimum Gasteiger partial charge on any atom is -0.496 e. The zero-order valence-corrected chi connectivity index (χ0v) is 10.4. The summed E-state index contributed by atoms with van der Waals surface area (Å²) in [7, 11) is 3.09. The maximum atomic E-state index is 11.9. The highest BCUT2D eigenvalue weighted by atomic mass is 16.5. The molecule has 0 saturated carbocycles. The fourth-order valence-corrected chi connectivity index (χ4v) is 1.75. The zero-order valence-electron chi connectivity index (χ0n) is 10.4. The van der Waals surface area contributed by atoms with Gasteiger partial charge in [0.15, 0.2) is 0 Å². The van der Waals surface area contributed by atoms with Crippen LogP contribution in [0.5, 0.6) is 5.75 Å². The number of carbonyl (C=O) groups excluding carboxylic acids is 1. The molecule has 0 atom stereocenters. The van der Waals surface area contributed by atoms with E-state index in [2.05, 4.69) is 0 Å². The number of methoxy groups -OCH3 is 1. The molecule has 0 aliphatic carbocycles. The summed E-state index contributed by atoms with van der Waals surface area (Å²) in [5.41, 5.74) is 3.49. The Hall–Kier alpha value is -1.55. The number of rotatable bonds is 2. The van der Waals surface area contributed by atoms with Crippen LogP contribution in [0.25, 0.3) is 0 Å². The van der Waals surface area contributed by atoms with E-state index in [9.17, 15) is 4.79 Å². The van der Waals surface area contributed by atoms with Gasteiger partial charge in [-0.3, -0.25) is 9.80 Å². The molecule has 0 unspecified atom stereocenters. The molecule has 2 N–H and O–H groups in total. The van der Waals surface area contributed by atoms with Crippen LogP contribution < -0.4 is 10.6 Å². The number of hydrogen-bond acceptors (Lipinski definition) is 3. The second kappa shape index (κ2) is 4.53. The van der Waals surface area contributed by atoms with Gasteiger partial charge in [-0.05, 0) is 37.5 Å². The topological polar surface area (TPSA) is 55.6 Å². The quantitative estimate of drug-likeness (QED) is 0.469. The van der Waals surface area contributed by atoms with E-state index >= 15 is 0 Å². The van der Waals surface area contributed by atoms with Crippen LogP contribution in [0.2, 0.25) is 0 Å². The molecule has 0 saturated heterocycles. The number of hydrazine groups is 1. The van der Waals surface area contributed by atoms with Crippen LogP contribution in [-0.4, -0.2) is 25.1 Å². The summed E-state index contributed by atoms with van der Waals surface area (Å²) in [5.74, 6) is 5.85. The molecule has 88 valence electrons. The van der Waals surface area contributed by atoms with E-state index in [1.165, 1.54) is 7.05 Å². The molecule has 1 rings (SSSR count). The lowest BCUT2D eigenvalue weighted by atomic mass is 9.98. The van der Waals surface area contributed by atoms with Gasteiger partial charge in [0.1, 0.15) is 5.75 Å². The summed E-state index contributed by atoms with van der Waals surface area (Å²) in [6, 6.07) is 1.97. The van der Waals surface area contributed by atoms with Gasteiger partial charge in [-0.2, -0.15) is 0 Å². The second-order valence-electron chi connectivity index (χ2n) is 3.96. The third kappa shape index (κ3) is 2.02. The Balaban J connectivity index is 3.49. The number of aryl methyl sites for hydroxylation is 2. The van der Waals surface area contributed by atoms with Crippen molar-refractivity contribution in [3.05, 3.63) is 28.3 Å². The Morgan fingerprint density at radius 1 is 1.31 bits per heavy atom. The van der Waals surface area contributed by atoms with Crippen molar-refractivity contribution in [1.82, 2.24) is 5.01 Å². The molecule has 1 aromatic carbocycles. The number of nitrogens with zero attached hydrogens (tertiary/aromatic N) is 1. The Labute approximate surface area is 96.0 Å². The normalized spacial score (nSPS) is 10.1. The van der Waals surface area contributed by atoms with Crippen molar-refractivity contribution in [2.75, 3.05) is 14.2 Å². The monoisotopic (exact) mass is 222 g/mol. The molecular weight excluding hydrogens is 204 g/mol. The molecule has 0 bridgehead atoms. The fraction of sp³-hybridized carbons (Fsp3) is 0.417. The molecule has 1 amide bonds. The van der Waals surface area contributed by atoms with Crippen molar-refractivity contribution in [2.24, 2.45) is 5.84 Å². The van der Waals surface area contributed by atoms with Gasteiger partial charge in [0.05, 0.1) is 12.7 Å². The van der Waals surface area contributed by atoms with Crippen molar-refractivity contribution >= 4 is 5.91 Å². The highest BCUT2D eigenvalue weighted by molar-refractivity contribution is 5.98. The number of hydrogen-bond donors (Lipinski definition) is 1. The summed E-state index contributed by atoms with van der Waals surface area (Å²) in [6.07, 6.45) is 0. The molecule has 0 aromatic heterocycles. The summed E-state index contributed by atoms with van der Waals surface area (Å²) in [4.78, 5) is 11.9. The van der Waals surface area contributed by atoms with Crippen molar-refractivity contribution < 1.29 is 9.53 Å². The molecule has 0 heterocycles. The van der Waals surface area contributed by atoms with Crippen LogP contribution in [0.1, 0.15) is 27.0 Å². The molecule has 0 aliphatic rings. The van der Waals surface area contributed by atoms with Crippen LogP contribution in [-0.2, 0) is 0 Å². The van der Waals surface area contributed by atoms with E-state index in [1.807, 2.05) is 26.8 Å². The highest BCUT2D eigenvalue weighted by Crippen LogP contribution is 2.29. The predicted octanol–water partition coefficient (Wildman–Crippen LogP) is 1.57. The summed E-state index contributed by atoms with van der Waals surface area (Å²) < 4.78 is 5.31. The summed E-state index contributed by atoms with van der Waals surface area (Å²) >= 11 is 0. The predicted molar refractivity (Wildman–Crippen MR) is 63.5 cm³/mol. The summed E-state index contributed by atoms with van der Waals surface area (Å²) in [5, 5.41) is 1.07. The molecule has 4 nitrogen and oxygen atoms in total. The van der Waals surface area contributed by atoms with Crippen LogP contribution in [0.15, 0.2) is 6.07 Å². The maximum Gasteiger partial charge on any atom is 0.271 e. The van der Waals surface area contributed by atoms with Crippen molar-refractivity contribution in [1.29, 1.82) is 0 Å². The minimum atomic E-state index is -0.238. The number of benzene rings is 1. The third-order valence-corrected chi connectivity index (χ3v) is 2.72. The molecule has 0 fully saturated rings. The zero-order chi connectivity index (χ0) is 12.5. The molecule has 16 heavy (non-hydrogen) atoms. The Morgan fingerprint density at radius 3 is 2.31 bits per heavy atom. The smallest absolute Gasteiger partial charge is 0.271 e. The fourth-order valence-electron chi connectivity index (χ4n) is 1.75. The van der Waals surface area contributed by atoms with Gasteiger partial charge in [0.2, 0.25) is 0 Å². The van der Waals surface area contributed by atoms with Gasteiger partial charge in [0, 0.05) is 7.05 Å². The second-order valence-corrected chi connectivity index (χ2v) is 3.96. The molecule has 0 aliphatic heterocycles. The van der Waals surface area contributed by atoms with Gasteiger partial charge in [-0.1, -0.05) is 6.07 Å². The van der Waals surface area contributed by atoms with E-state index < -0.39 is 0 Å². The van der Waals surface area contributed by atoms with Crippen molar-refractivity contribution in [3.63, 3.8) is 0 Å². The van der Waals surface area contributed by atoms with Gasteiger partial charge in [-0.25, -0.2) is 5.84 Å². The van der Waals surface area contributed by atoms with E-state index in [0.29, 0.717) is 11.3 Å². The highest BCUT2D eigenvalue weighted by Gasteiger charge is 2.20. The standard InChI is InChI=1S/C12H18N2O2/c1-7-6-8(2)10(12(15)14(4)13)11(16-5)9(7)3/h6H,13H2,1-5H3. The van der Waals surface area contributed by atoms with Gasteiger partial charge < -0.3 is 4.74 Å². The lowest BCUT2D eigenvalue weighted by Crippen LogP contribution is -2.34. The maximum absolute atomic E-state index is 11.9. The number of amides is 1. The van der Waals surface area contributed by atoms with E-state index in [-0.39, 0.29) is 5.91 Å². The molecule has 1 aromatic rings. The number of nitrogens with two attached hydrogens (primary N) is 1.